The molecule has 0 saturated carbocycles. The zero-order chi connectivity index (χ0) is 37.5. The molecule has 0 radical (unpaired) electrons. The van der Waals surface area contributed by atoms with Crippen LogP contribution in [0, 0.1) is 0 Å². The Morgan fingerprint density at radius 1 is 0.298 bits per heavy atom. The van der Waals surface area contributed by atoms with Crippen molar-refractivity contribution in [1.29, 1.82) is 0 Å². The number of rotatable bonds is 5. The lowest BCUT2D eigenvalue weighted by atomic mass is 9.91. The standard InChI is InChI=1S/C53H31N3O/c1-3-13-33(14-4-1)44-29-39(30-45-40-20-9-18-34-19-10-21-42(48(34)40)49(44)45)52-54-51(35-15-5-2-6-16-35)55-53(56-52)43-22-11-23-46-50(43)41-27-26-38(31-47(41)57-46)37-25-24-32-12-7-8-17-36(32)28-37/h1-31H. The van der Waals surface area contributed by atoms with Gasteiger partial charge in [-0.05, 0) is 102 Å². The van der Waals surface area contributed by atoms with Crippen molar-refractivity contribution in [3.05, 3.63) is 188 Å². The fourth-order valence-electron chi connectivity index (χ4n) is 8.80. The molecular weight excluding hydrogens is 695 g/mol. The zero-order valence-electron chi connectivity index (χ0n) is 30.6. The summed E-state index contributed by atoms with van der Waals surface area (Å²) in [6, 6.07) is 66.2. The van der Waals surface area contributed by atoms with Gasteiger partial charge in [0, 0.05) is 27.5 Å². The second kappa shape index (κ2) is 12.4. The third-order valence-electron chi connectivity index (χ3n) is 11.4. The van der Waals surface area contributed by atoms with Gasteiger partial charge < -0.3 is 4.42 Å². The van der Waals surface area contributed by atoms with Crippen molar-refractivity contribution in [3.63, 3.8) is 0 Å². The van der Waals surface area contributed by atoms with Crippen LogP contribution in [0.2, 0.25) is 0 Å². The monoisotopic (exact) mass is 725 g/mol. The van der Waals surface area contributed by atoms with E-state index < -0.39 is 0 Å². The Morgan fingerprint density at radius 3 is 1.74 bits per heavy atom. The fourth-order valence-corrected chi connectivity index (χ4v) is 8.80. The highest BCUT2D eigenvalue weighted by atomic mass is 16.3. The van der Waals surface area contributed by atoms with Gasteiger partial charge in [0.05, 0.1) is 0 Å². The SMILES string of the molecule is c1ccc(-c2nc(-c3cc(-c4ccccc4)c4c(c3)-c3cccc5cccc-4c35)nc(-c3cccc4oc5cc(-c6ccc7ccccc7c6)ccc5c34)n2)cc1. The number of hydrogen-bond acceptors (Lipinski definition) is 4. The first-order valence-electron chi connectivity index (χ1n) is 19.3. The molecule has 9 aromatic carbocycles. The Labute approximate surface area is 328 Å². The lowest BCUT2D eigenvalue weighted by Crippen LogP contribution is -2.01. The number of hydrogen-bond donors (Lipinski definition) is 0. The third-order valence-corrected chi connectivity index (χ3v) is 11.4. The van der Waals surface area contributed by atoms with Crippen LogP contribution in [0.25, 0.3) is 122 Å². The molecule has 0 atom stereocenters. The van der Waals surface area contributed by atoms with Crippen molar-refractivity contribution in [1.82, 2.24) is 15.0 Å². The predicted octanol–water partition coefficient (Wildman–Crippen LogP) is 14.1. The van der Waals surface area contributed by atoms with Gasteiger partial charge >= 0.3 is 0 Å². The van der Waals surface area contributed by atoms with Crippen LogP contribution in [0.3, 0.4) is 0 Å². The maximum Gasteiger partial charge on any atom is 0.164 e. The summed E-state index contributed by atoms with van der Waals surface area (Å²) in [4.78, 5) is 15.7. The molecule has 0 amide bonds. The third kappa shape index (κ3) is 5.04. The lowest BCUT2D eigenvalue weighted by molar-refractivity contribution is 0.669. The van der Waals surface area contributed by atoms with Crippen LogP contribution in [0.1, 0.15) is 0 Å². The smallest absolute Gasteiger partial charge is 0.164 e. The molecule has 1 aliphatic carbocycles. The maximum atomic E-state index is 6.60. The highest BCUT2D eigenvalue weighted by molar-refractivity contribution is 6.19. The van der Waals surface area contributed by atoms with E-state index in [0.717, 1.165) is 60.9 Å². The minimum Gasteiger partial charge on any atom is -0.456 e. The van der Waals surface area contributed by atoms with Gasteiger partial charge in [-0.15, -0.1) is 0 Å². The van der Waals surface area contributed by atoms with Crippen molar-refractivity contribution in [2.75, 3.05) is 0 Å². The number of nitrogens with zero attached hydrogens (tertiary/aromatic N) is 3. The summed E-state index contributed by atoms with van der Waals surface area (Å²) >= 11 is 0. The van der Waals surface area contributed by atoms with E-state index in [1.165, 1.54) is 43.8 Å². The Morgan fingerprint density at radius 2 is 0.912 bits per heavy atom. The number of benzene rings is 9. The molecule has 0 unspecified atom stereocenters. The molecular formula is C53H31N3O. The lowest BCUT2D eigenvalue weighted by Gasteiger charge is -2.15. The highest BCUT2D eigenvalue weighted by Gasteiger charge is 2.27. The molecule has 11 aromatic rings. The van der Waals surface area contributed by atoms with Gasteiger partial charge in [-0.3, -0.25) is 0 Å². The van der Waals surface area contributed by atoms with Crippen molar-refractivity contribution >= 4 is 43.5 Å². The first kappa shape index (κ1) is 31.6. The quantitative estimate of drug-likeness (QED) is 0.177. The first-order chi connectivity index (χ1) is 28.2. The topological polar surface area (TPSA) is 51.8 Å². The van der Waals surface area contributed by atoms with Crippen molar-refractivity contribution in [3.8, 4) is 78.7 Å². The van der Waals surface area contributed by atoms with Crippen LogP contribution in [0.4, 0.5) is 0 Å². The predicted molar refractivity (Wildman–Crippen MR) is 234 cm³/mol. The molecule has 1 aliphatic rings. The van der Waals surface area contributed by atoms with Crippen molar-refractivity contribution < 1.29 is 4.42 Å². The van der Waals surface area contributed by atoms with Gasteiger partial charge in [0.25, 0.3) is 0 Å². The summed E-state index contributed by atoms with van der Waals surface area (Å²) in [5, 5.41) is 6.95. The van der Waals surface area contributed by atoms with Gasteiger partial charge in [0.1, 0.15) is 11.2 Å². The molecule has 4 nitrogen and oxygen atoms in total. The second-order valence-corrected chi connectivity index (χ2v) is 14.7. The number of aromatic nitrogens is 3. The summed E-state index contributed by atoms with van der Waals surface area (Å²) in [6.45, 7) is 0. The molecule has 264 valence electrons. The van der Waals surface area contributed by atoms with Gasteiger partial charge in [-0.2, -0.15) is 0 Å². The average molecular weight is 726 g/mol. The molecule has 57 heavy (non-hydrogen) atoms. The molecule has 0 fully saturated rings. The van der Waals surface area contributed by atoms with Gasteiger partial charge in [0.15, 0.2) is 17.5 Å². The normalized spacial score (nSPS) is 11.9. The molecule has 0 bridgehead atoms. The molecule has 0 aliphatic heterocycles. The summed E-state index contributed by atoms with van der Waals surface area (Å²) in [5.74, 6) is 1.83. The van der Waals surface area contributed by atoms with E-state index >= 15 is 0 Å². The fraction of sp³-hybridized carbons (Fsp3) is 0. The van der Waals surface area contributed by atoms with E-state index in [1.54, 1.807) is 0 Å². The molecule has 12 rings (SSSR count). The molecule has 2 aromatic heterocycles. The van der Waals surface area contributed by atoms with Crippen LogP contribution in [-0.4, -0.2) is 15.0 Å². The second-order valence-electron chi connectivity index (χ2n) is 14.7. The summed E-state index contributed by atoms with van der Waals surface area (Å²) in [7, 11) is 0. The Hall–Kier alpha value is -7.69. The van der Waals surface area contributed by atoms with Gasteiger partial charge in [-0.1, -0.05) is 152 Å². The van der Waals surface area contributed by atoms with Crippen molar-refractivity contribution in [2.24, 2.45) is 0 Å². The largest absolute Gasteiger partial charge is 0.456 e. The zero-order valence-corrected chi connectivity index (χ0v) is 30.6. The minimum atomic E-state index is 0.595. The van der Waals surface area contributed by atoms with E-state index in [-0.39, 0.29) is 0 Å². The molecule has 0 N–H and O–H groups in total. The van der Waals surface area contributed by atoms with Crippen LogP contribution in [0.15, 0.2) is 192 Å². The van der Waals surface area contributed by atoms with Gasteiger partial charge in [0.2, 0.25) is 0 Å². The average Bonchev–Trinajstić information content (AvgIpc) is 3.83. The first-order valence-corrected chi connectivity index (χ1v) is 19.3. The van der Waals surface area contributed by atoms with E-state index in [9.17, 15) is 0 Å². The summed E-state index contributed by atoms with van der Waals surface area (Å²) in [5.41, 5.74) is 13.8. The van der Waals surface area contributed by atoms with E-state index in [0.29, 0.717) is 17.5 Å². The Bertz CT molecular complexity index is 3400. The molecule has 4 heteroatoms. The van der Waals surface area contributed by atoms with Crippen molar-refractivity contribution in [2.45, 2.75) is 0 Å². The van der Waals surface area contributed by atoms with Crippen LogP contribution >= 0.6 is 0 Å². The molecule has 0 spiro atoms. The van der Waals surface area contributed by atoms with E-state index in [1.807, 2.05) is 30.3 Å². The summed E-state index contributed by atoms with van der Waals surface area (Å²) < 4.78 is 6.60. The highest BCUT2D eigenvalue weighted by Crippen LogP contribution is 2.52. The molecule has 0 saturated heterocycles. The van der Waals surface area contributed by atoms with Crippen LogP contribution in [0.5, 0.6) is 0 Å². The molecule has 2 heterocycles. The number of fused-ring (bicyclic) bond motifs is 7. The Kier molecular flexibility index (Phi) is 6.89. The Balaban J connectivity index is 1.07. The van der Waals surface area contributed by atoms with E-state index in [4.69, 9.17) is 19.4 Å². The maximum absolute atomic E-state index is 6.60. The summed E-state index contributed by atoms with van der Waals surface area (Å²) in [6.07, 6.45) is 0. The van der Waals surface area contributed by atoms with Gasteiger partial charge in [-0.25, -0.2) is 15.0 Å². The minimum absolute atomic E-state index is 0.595. The number of furan rings is 1. The van der Waals surface area contributed by atoms with Crippen LogP contribution < -0.4 is 0 Å². The van der Waals surface area contributed by atoms with Crippen LogP contribution in [-0.2, 0) is 0 Å². The van der Waals surface area contributed by atoms with E-state index in [2.05, 4.69) is 158 Å².